The minimum atomic E-state index is 0.304. The monoisotopic (exact) mass is 248 g/mol. The number of hydrogen-bond acceptors (Lipinski definition) is 2. The highest BCUT2D eigenvalue weighted by Gasteiger charge is 2.15. The van der Waals surface area contributed by atoms with E-state index in [4.69, 9.17) is 5.73 Å². The van der Waals surface area contributed by atoms with E-state index in [0.29, 0.717) is 5.41 Å². The third kappa shape index (κ3) is 5.19. The lowest BCUT2D eigenvalue weighted by molar-refractivity contribution is 0.321. The molecule has 0 bridgehead atoms. The van der Waals surface area contributed by atoms with Crippen molar-refractivity contribution in [2.24, 2.45) is 11.1 Å². The number of benzene rings is 1. The maximum absolute atomic E-state index is 5.61. The van der Waals surface area contributed by atoms with Crippen LogP contribution >= 0.6 is 0 Å². The third-order valence-electron chi connectivity index (χ3n) is 3.59. The maximum atomic E-state index is 5.61. The molecule has 2 heteroatoms. The molecule has 102 valence electrons. The fourth-order valence-electron chi connectivity index (χ4n) is 2.10. The van der Waals surface area contributed by atoms with Gasteiger partial charge < -0.3 is 11.1 Å². The minimum absolute atomic E-state index is 0.304. The number of hydrogen-bond donors (Lipinski definition) is 2. The fraction of sp³-hybridized carbons (Fsp3) is 0.625. The Kier molecular flexibility index (Phi) is 5.83. The summed E-state index contributed by atoms with van der Waals surface area (Å²) >= 11 is 0. The molecule has 0 heterocycles. The molecule has 1 aromatic carbocycles. The molecule has 0 unspecified atom stereocenters. The number of rotatable bonds is 7. The molecule has 0 aromatic heterocycles. The summed E-state index contributed by atoms with van der Waals surface area (Å²) in [5, 5.41) is 3.54. The van der Waals surface area contributed by atoms with Crippen LogP contribution in [0.25, 0.3) is 0 Å². The van der Waals surface area contributed by atoms with Gasteiger partial charge in [-0.15, -0.1) is 0 Å². The molecule has 2 nitrogen and oxygen atoms in total. The average Bonchev–Trinajstić information content (AvgIpc) is 2.29. The Bertz CT molecular complexity index is 369. The van der Waals surface area contributed by atoms with Gasteiger partial charge in [0, 0.05) is 6.54 Å². The van der Waals surface area contributed by atoms with E-state index in [2.05, 4.69) is 51.2 Å². The first-order valence-electron chi connectivity index (χ1n) is 6.91. The molecule has 0 saturated carbocycles. The predicted molar refractivity (Wildman–Crippen MR) is 79.9 cm³/mol. The molecule has 0 aliphatic carbocycles. The molecule has 0 radical (unpaired) electrons. The normalized spacial score (nSPS) is 11.8. The summed E-state index contributed by atoms with van der Waals surface area (Å²) in [6, 6.07) is 6.74. The van der Waals surface area contributed by atoms with Gasteiger partial charge in [0.05, 0.1) is 0 Å². The van der Waals surface area contributed by atoms with E-state index < -0.39 is 0 Å². The highest BCUT2D eigenvalue weighted by Crippen LogP contribution is 2.17. The fourth-order valence-corrected chi connectivity index (χ4v) is 2.10. The van der Waals surface area contributed by atoms with E-state index in [-0.39, 0.29) is 0 Å². The molecule has 0 aliphatic heterocycles. The van der Waals surface area contributed by atoms with Crippen molar-refractivity contribution in [1.29, 1.82) is 0 Å². The Hall–Kier alpha value is -0.860. The molecule has 1 rings (SSSR count). The van der Waals surface area contributed by atoms with Gasteiger partial charge in [0.2, 0.25) is 0 Å². The molecule has 0 saturated heterocycles. The van der Waals surface area contributed by atoms with Crippen LogP contribution in [0.15, 0.2) is 18.2 Å². The molecule has 0 spiro atoms. The van der Waals surface area contributed by atoms with Crippen LogP contribution in [-0.4, -0.2) is 19.6 Å². The summed E-state index contributed by atoms with van der Waals surface area (Å²) in [6.07, 6.45) is 2.17. The Labute approximate surface area is 112 Å². The van der Waals surface area contributed by atoms with Crippen LogP contribution in [0.1, 0.15) is 37.0 Å². The van der Waals surface area contributed by atoms with Crippen LogP contribution in [-0.2, 0) is 6.42 Å². The van der Waals surface area contributed by atoms with Crippen molar-refractivity contribution in [2.45, 2.75) is 40.5 Å². The lowest BCUT2D eigenvalue weighted by Gasteiger charge is -2.24. The molecular formula is C16H28N2. The lowest BCUT2D eigenvalue weighted by atomic mass is 9.89. The van der Waals surface area contributed by atoms with Gasteiger partial charge in [-0.25, -0.2) is 0 Å². The van der Waals surface area contributed by atoms with Crippen molar-refractivity contribution < 1.29 is 0 Å². The summed E-state index contributed by atoms with van der Waals surface area (Å²) in [5.74, 6) is 0. The van der Waals surface area contributed by atoms with Crippen LogP contribution in [0.5, 0.6) is 0 Å². The van der Waals surface area contributed by atoms with E-state index in [1.165, 1.54) is 16.7 Å². The van der Waals surface area contributed by atoms with Gasteiger partial charge in [0.15, 0.2) is 0 Å². The van der Waals surface area contributed by atoms with Gasteiger partial charge in [-0.2, -0.15) is 0 Å². The summed E-state index contributed by atoms with van der Waals surface area (Å²) in [4.78, 5) is 0. The average molecular weight is 248 g/mol. The largest absolute Gasteiger partial charge is 0.330 e. The van der Waals surface area contributed by atoms with Crippen molar-refractivity contribution in [3.05, 3.63) is 34.9 Å². The van der Waals surface area contributed by atoms with Gasteiger partial charge in [-0.1, -0.05) is 32.0 Å². The highest BCUT2D eigenvalue weighted by atomic mass is 14.9. The van der Waals surface area contributed by atoms with Crippen molar-refractivity contribution >= 4 is 0 Å². The van der Waals surface area contributed by atoms with E-state index >= 15 is 0 Å². The molecule has 3 N–H and O–H groups in total. The highest BCUT2D eigenvalue weighted by molar-refractivity contribution is 5.29. The smallest absolute Gasteiger partial charge is 0.000312 e. The second-order valence-corrected chi connectivity index (χ2v) is 6.05. The zero-order chi connectivity index (χ0) is 13.6. The zero-order valence-corrected chi connectivity index (χ0v) is 12.3. The second kappa shape index (κ2) is 6.91. The molecule has 0 aliphatic rings. The quantitative estimate of drug-likeness (QED) is 0.728. The van der Waals surface area contributed by atoms with Crippen LogP contribution < -0.4 is 11.1 Å². The maximum Gasteiger partial charge on any atom is 0.000312 e. The second-order valence-electron chi connectivity index (χ2n) is 6.05. The first-order chi connectivity index (χ1) is 8.44. The van der Waals surface area contributed by atoms with Gasteiger partial charge in [0.1, 0.15) is 0 Å². The Morgan fingerprint density at radius 2 is 1.89 bits per heavy atom. The van der Waals surface area contributed by atoms with E-state index in [1.807, 2.05) is 0 Å². The third-order valence-corrected chi connectivity index (χ3v) is 3.59. The summed E-state index contributed by atoms with van der Waals surface area (Å²) in [7, 11) is 0. The van der Waals surface area contributed by atoms with Gasteiger partial charge in [-0.05, 0) is 61.9 Å². The summed E-state index contributed by atoms with van der Waals surface area (Å²) in [6.45, 7) is 11.7. The Morgan fingerprint density at radius 1 is 1.17 bits per heavy atom. The first kappa shape index (κ1) is 15.2. The van der Waals surface area contributed by atoms with E-state index in [1.54, 1.807) is 0 Å². The van der Waals surface area contributed by atoms with Crippen molar-refractivity contribution in [2.75, 3.05) is 19.6 Å². The topological polar surface area (TPSA) is 38.0 Å². The number of aryl methyl sites for hydroxylation is 2. The van der Waals surface area contributed by atoms with Gasteiger partial charge >= 0.3 is 0 Å². The van der Waals surface area contributed by atoms with E-state index in [0.717, 1.165) is 32.5 Å². The Morgan fingerprint density at radius 3 is 2.50 bits per heavy atom. The molecule has 0 fully saturated rings. The molecule has 18 heavy (non-hydrogen) atoms. The number of nitrogens with two attached hydrogens (primary N) is 1. The molecule has 0 amide bonds. The van der Waals surface area contributed by atoms with Crippen molar-refractivity contribution in [3.8, 4) is 0 Å². The van der Waals surface area contributed by atoms with Crippen LogP contribution in [0.3, 0.4) is 0 Å². The standard InChI is InChI=1S/C16H28N2/c1-13-5-6-15(11-14(13)2)7-10-18-12-16(3,4)8-9-17/h5-6,11,18H,7-10,12,17H2,1-4H3. The minimum Gasteiger partial charge on any atom is -0.330 e. The first-order valence-corrected chi connectivity index (χ1v) is 6.91. The SMILES string of the molecule is Cc1ccc(CCNCC(C)(C)CCN)cc1C. The molecular weight excluding hydrogens is 220 g/mol. The molecule has 0 atom stereocenters. The van der Waals surface area contributed by atoms with Crippen molar-refractivity contribution in [1.82, 2.24) is 5.32 Å². The Balaban J connectivity index is 2.31. The van der Waals surface area contributed by atoms with Gasteiger partial charge in [0.25, 0.3) is 0 Å². The van der Waals surface area contributed by atoms with Crippen LogP contribution in [0, 0.1) is 19.3 Å². The lowest BCUT2D eigenvalue weighted by Crippen LogP contribution is -2.32. The predicted octanol–water partition coefficient (Wildman–Crippen LogP) is 2.81. The zero-order valence-electron chi connectivity index (χ0n) is 12.3. The van der Waals surface area contributed by atoms with Crippen LogP contribution in [0.4, 0.5) is 0 Å². The summed E-state index contributed by atoms with van der Waals surface area (Å²) in [5.41, 5.74) is 10.1. The van der Waals surface area contributed by atoms with Crippen molar-refractivity contribution in [3.63, 3.8) is 0 Å². The van der Waals surface area contributed by atoms with Crippen LogP contribution in [0.2, 0.25) is 0 Å². The summed E-state index contributed by atoms with van der Waals surface area (Å²) < 4.78 is 0. The number of nitrogens with one attached hydrogen (secondary N) is 1. The van der Waals surface area contributed by atoms with E-state index in [9.17, 15) is 0 Å². The van der Waals surface area contributed by atoms with Gasteiger partial charge in [-0.3, -0.25) is 0 Å². The molecule has 1 aromatic rings.